The number of hydrogen-bond acceptors (Lipinski definition) is 6. The summed E-state index contributed by atoms with van der Waals surface area (Å²) < 4.78 is 16.4. The molecule has 2 aromatic heterocycles. The Balaban J connectivity index is 1.20. The molecule has 2 atom stereocenters. The molecule has 3 fully saturated rings. The zero-order valence-corrected chi connectivity index (χ0v) is 20.1. The molecule has 0 saturated carbocycles. The lowest BCUT2D eigenvalue weighted by atomic mass is 9.91. The van der Waals surface area contributed by atoms with E-state index in [0.29, 0.717) is 36.3 Å². The maximum atomic E-state index is 15.3. The summed E-state index contributed by atoms with van der Waals surface area (Å²) >= 11 is 1.61. The quantitative estimate of drug-likeness (QED) is 0.341. The lowest BCUT2D eigenvalue weighted by molar-refractivity contribution is 0.0473. The molecular weight excluding hydrogens is 473 g/mol. The summed E-state index contributed by atoms with van der Waals surface area (Å²) in [6.45, 7) is 1.36. The topological polar surface area (TPSA) is 70.2 Å². The standard InChI is InChI=1S/C28H22FN5OS/c29-23-10-17(28(35)34-13-19-11-20(14-34)32-19)1-4-21(23)16-2-5-24-22(9-16)25(7-8-30-24)33-18-3-6-27-26(12-18)31-15-36-27/h1-10,12,15,19-20,32H,11,13-14H2,(H,30,33). The molecule has 36 heavy (non-hydrogen) atoms. The highest BCUT2D eigenvalue weighted by atomic mass is 32.1. The number of amides is 1. The van der Waals surface area contributed by atoms with Crippen LogP contribution in [0.4, 0.5) is 15.8 Å². The van der Waals surface area contributed by atoms with E-state index in [1.165, 1.54) is 6.07 Å². The largest absolute Gasteiger partial charge is 0.355 e. The fraction of sp³-hybridized carbons (Fsp3) is 0.179. The number of fused-ring (bicyclic) bond motifs is 4. The van der Waals surface area contributed by atoms with Gasteiger partial charge in [0.25, 0.3) is 5.91 Å². The van der Waals surface area contributed by atoms with Crippen molar-refractivity contribution in [2.45, 2.75) is 18.5 Å². The highest BCUT2D eigenvalue weighted by Crippen LogP contribution is 2.32. The minimum Gasteiger partial charge on any atom is -0.355 e. The molecule has 2 bridgehead atoms. The van der Waals surface area contributed by atoms with Crippen LogP contribution in [0.2, 0.25) is 0 Å². The van der Waals surface area contributed by atoms with Crippen molar-refractivity contribution in [1.82, 2.24) is 20.2 Å². The molecule has 3 saturated heterocycles. The third-order valence-corrected chi connectivity index (χ3v) is 7.90. The van der Waals surface area contributed by atoms with Crippen molar-refractivity contribution in [3.8, 4) is 11.1 Å². The summed E-state index contributed by atoms with van der Waals surface area (Å²) in [6, 6.07) is 19.2. The highest BCUT2D eigenvalue weighted by molar-refractivity contribution is 7.16. The summed E-state index contributed by atoms with van der Waals surface area (Å²) in [5, 5.41) is 7.77. The van der Waals surface area contributed by atoms with Crippen LogP contribution < -0.4 is 10.6 Å². The fourth-order valence-corrected chi connectivity index (χ4v) is 5.92. The maximum Gasteiger partial charge on any atom is 0.254 e. The molecule has 0 radical (unpaired) electrons. The zero-order valence-electron chi connectivity index (χ0n) is 19.2. The second-order valence-corrected chi connectivity index (χ2v) is 10.3. The van der Waals surface area contributed by atoms with Crippen LogP contribution >= 0.6 is 11.3 Å². The van der Waals surface area contributed by atoms with Gasteiger partial charge in [-0.1, -0.05) is 12.1 Å². The Bertz CT molecular complexity index is 1630. The maximum absolute atomic E-state index is 15.3. The van der Waals surface area contributed by atoms with E-state index in [9.17, 15) is 4.79 Å². The Morgan fingerprint density at radius 1 is 1.00 bits per heavy atom. The molecule has 1 amide bonds. The Kier molecular flexibility index (Phi) is 4.97. The molecule has 3 aromatic carbocycles. The van der Waals surface area contributed by atoms with E-state index in [0.717, 1.165) is 44.5 Å². The van der Waals surface area contributed by atoms with E-state index >= 15 is 4.39 Å². The van der Waals surface area contributed by atoms with Gasteiger partial charge >= 0.3 is 0 Å². The van der Waals surface area contributed by atoms with Crippen LogP contribution in [0.3, 0.4) is 0 Å². The van der Waals surface area contributed by atoms with E-state index < -0.39 is 5.82 Å². The smallest absolute Gasteiger partial charge is 0.254 e. The molecule has 2 N–H and O–H groups in total. The first-order chi connectivity index (χ1) is 17.6. The lowest BCUT2D eigenvalue weighted by Crippen LogP contribution is -2.67. The van der Waals surface area contributed by atoms with Crippen molar-refractivity contribution < 1.29 is 9.18 Å². The number of hydrogen-bond donors (Lipinski definition) is 2. The summed E-state index contributed by atoms with van der Waals surface area (Å²) in [4.78, 5) is 23.6. The van der Waals surface area contributed by atoms with Crippen LogP contribution in [0.15, 0.2) is 72.4 Å². The van der Waals surface area contributed by atoms with Gasteiger partial charge in [-0.15, -0.1) is 11.3 Å². The first kappa shape index (κ1) is 21.4. The van der Waals surface area contributed by atoms with E-state index in [2.05, 4.69) is 20.6 Å². The average molecular weight is 496 g/mol. The van der Waals surface area contributed by atoms with Gasteiger partial charge in [0.05, 0.1) is 21.2 Å². The van der Waals surface area contributed by atoms with Gasteiger partial charge in [0, 0.05) is 59.3 Å². The van der Waals surface area contributed by atoms with E-state index in [1.54, 1.807) is 29.7 Å². The van der Waals surface area contributed by atoms with E-state index in [4.69, 9.17) is 0 Å². The molecule has 5 heterocycles. The molecule has 8 rings (SSSR count). The van der Waals surface area contributed by atoms with Crippen LogP contribution in [0.25, 0.3) is 32.2 Å². The van der Waals surface area contributed by atoms with Crippen LogP contribution in [-0.2, 0) is 0 Å². The number of thiazole rings is 1. The minimum absolute atomic E-state index is 0.108. The molecule has 0 aliphatic carbocycles. The minimum atomic E-state index is -0.409. The second-order valence-electron chi connectivity index (χ2n) is 9.45. The Labute approximate surface area is 210 Å². The molecule has 5 aromatic rings. The number of aromatic nitrogens is 2. The number of rotatable bonds is 4. The number of piperazine rings is 1. The SMILES string of the molecule is O=C(c1ccc(-c2ccc3nccc(Nc4ccc5scnc5c4)c3c2)c(F)c1)N1CC2CC(C1)N2. The lowest BCUT2D eigenvalue weighted by Gasteiger charge is -2.48. The average Bonchev–Trinajstić information content (AvgIpc) is 3.36. The predicted molar refractivity (Wildman–Crippen MR) is 141 cm³/mol. The number of pyridine rings is 1. The summed E-state index contributed by atoms with van der Waals surface area (Å²) in [7, 11) is 0. The van der Waals surface area contributed by atoms with Gasteiger partial charge in [0.2, 0.25) is 0 Å². The number of benzene rings is 3. The van der Waals surface area contributed by atoms with Gasteiger partial charge in [0.1, 0.15) is 5.82 Å². The van der Waals surface area contributed by atoms with Crippen molar-refractivity contribution in [2.24, 2.45) is 0 Å². The Morgan fingerprint density at radius 2 is 1.86 bits per heavy atom. The molecule has 8 heteroatoms. The third kappa shape index (κ3) is 3.70. The van der Waals surface area contributed by atoms with Crippen LogP contribution in [-0.4, -0.2) is 45.9 Å². The third-order valence-electron chi connectivity index (χ3n) is 7.09. The van der Waals surface area contributed by atoms with Crippen LogP contribution in [0, 0.1) is 5.82 Å². The van der Waals surface area contributed by atoms with E-state index in [1.807, 2.05) is 52.9 Å². The summed E-state index contributed by atoms with van der Waals surface area (Å²) in [6.07, 6.45) is 2.87. The van der Waals surface area contributed by atoms with Crippen molar-refractivity contribution in [1.29, 1.82) is 0 Å². The number of anilines is 2. The summed E-state index contributed by atoms with van der Waals surface area (Å²) in [5.74, 6) is -0.518. The molecule has 6 nitrogen and oxygen atoms in total. The molecule has 3 aliphatic rings. The molecule has 178 valence electrons. The van der Waals surface area contributed by atoms with E-state index in [-0.39, 0.29) is 5.91 Å². The normalized spacial score (nSPS) is 18.9. The number of halogens is 1. The first-order valence-electron chi connectivity index (χ1n) is 11.9. The molecular formula is C28H22FN5OS. The zero-order chi connectivity index (χ0) is 24.2. The second kappa shape index (κ2) is 8.36. The van der Waals surface area contributed by atoms with Gasteiger partial charge < -0.3 is 15.5 Å². The number of nitrogens with one attached hydrogen (secondary N) is 2. The fourth-order valence-electron chi connectivity index (χ4n) is 5.26. The van der Waals surface area contributed by atoms with Gasteiger partial charge in [-0.2, -0.15) is 0 Å². The van der Waals surface area contributed by atoms with Crippen molar-refractivity contribution in [3.05, 3.63) is 83.8 Å². The Hall–Kier alpha value is -3.88. The van der Waals surface area contributed by atoms with Gasteiger partial charge in [0.15, 0.2) is 0 Å². The van der Waals surface area contributed by atoms with Crippen molar-refractivity contribution in [3.63, 3.8) is 0 Å². The van der Waals surface area contributed by atoms with Gasteiger partial charge in [-0.05, 0) is 60.5 Å². The predicted octanol–water partition coefficient (Wildman–Crippen LogP) is 5.58. The van der Waals surface area contributed by atoms with Crippen molar-refractivity contribution in [2.75, 3.05) is 18.4 Å². The first-order valence-corrected chi connectivity index (χ1v) is 12.8. The monoisotopic (exact) mass is 495 g/mol. The van der Waals surface area contributed by atoms with Crippen LogP contribution in [0.5, 0.6) is 0 Å². The number of piperidine rings is 1. The summed E-state index contributed by atoms with van der Waals surface area (Å²) in [5.41, 5.74) is 6.96. The van der Waals surface area contributed by atoms with Crippen molar-refractivity contribution >= 4 is 49.7 Å². The van der Waals surface area contributed by atoms with Gasteiger partial charge in [-0.3, -0.25) is 9.78 Å². The van der Waals surface area contributed by atoms with Gasteiger partial charge in [-0.25, -0.2) is 9.37 Å². The molecule has 2 unspecified atom stereocenters. The number of carbonyl (C=O) groups is 1. The Morgan fingerprint density at radius 3 is 2.69 bits per heavy atom. The molecule has 3 aliphatic heterocycles. The molecule has 0 spiro atoms. The van der Waals surface area contributed by atoms with Crippen LogP contribution in [0.1, 0.15) is 16.8 Å². The number of nitrogens with zero attached hydrogens (tertiary/aromatic N) is 3. The number of carbonyl (C=O) groups excluding carboxylic acids is 1. The highest BCUT2D eigenvalue weighted by Gasteiger charge is 2.38.